The highest BCUT2D eigenvalue weighted by Gasteiger charge is 2.34. The van der Waals surface area contributed by atoms with Crippen LogP contribution in [0.2, 0.25) is 0 Å². The average Bonchev–Trinajstić information content (AvgIpc) is 3.07. The normalized spacial score (nSPS) is 21.0. The van der Waals surface area contributed by atoms with Gasteiger partial charge in [0.2, 0.25) is 15.0 Å². The minimum atomic E-state index is -3.53. The van der Waals surface area contributed by atoms with Gasteiger partial charge in [0.05, 0.1) is 5.52 Å². The van der Waals surface area contributed by atoms with Gasteiger partial charge in [0.15, 0.2) is 5.69 Å². The van der Waals surface area contributed by atoms with E-state index in [9.17, 15) is 13.2 Å². The largest absolute Gasteiger partial charge is 0.334 e. The molecule has 0 saturated carbocycles. The van der Waals surface area contributed by atoms with Gasteiger partial charge in [0.1, 0.15) is 0 Å². The number of sulfone groups is 1. The van der Waals surface area contributed by atoms with E-state index in [-0.39, 0.29) is 41.1 Å². The summed E-state index contributed by atoms with van der Waals surface area (Å²) in [4.78, 5) is 18.8. The van der Waals surface area contributed by atoms with Gasteiger partial charge >= 0.3 is 0 Å². The number of aromatic nitrogens is 2. The summed E-state index contributed by atoms with van der Waals surface area (Å²) in [5, 5.41) is -0.112. The van der Waals surface area contributed by atoms with Gasteiger partial charge in [0.25, 0.3) is 5.91 Å². The summed E-state index contributed by atoms with van der Waals surface area (Å²) in [7, 11) is -3.53. The van der Waals surface area contributed by atoms with Crippen molar-refractivity contribution in [1.82, 2.24) is 14.3 Å². The number of imidazole rings is 1. The Morgan fingerprint density at radius 1 is 1.42 bits per heavy atom. The number of pyridine rings is 1. The van der Waals surface area contributed by atoms with Crippen molar-refractivity contribution in [2.24, 2.45) is 11.7 Å². The van der Waals surface area contributed by atoms with Crippen molar-refractivity contribution in [3.63, 3.8) is 0 Å². The molecule has 0 aromatic carbocycles. The van der Waals surface area contributed by atoms with Crippen LogP contribution in [0.5, 0.6) is 0 Å². The SMILES string of the molecule is CC1CC(CN)CN1C(=O)c1nc(S(C)(=O)=O)n2ccccc12.Cl. The van der Waals surface area contributed by atoms with Gasteiger partial charge in [0, 0.05) is 25.0 Å². The van der Waals surface area contributed by atoms with Gasteiger partial charge in [-0.15, -0.1) is 12.4 Å². The van der Waals surface area contributed by atoms with E-state index in [0.717, 1.165) is 12.7 Å². The molecule has 0 aliphatic carbocycles. The molecule has 3 heterocycles. The van der Waals surface area contributed by atoms with Crippen molar-refractivity contribution in [2.75, 3.05) is 19.3 Å². The zero-order valence-corrected chi connectivity index (χ0v) is 15.2. The first-order valence-corrected chi connectivity index (χ1v) is 9.40. The molecule has 1 fully saturated rings. The number of halogens is 1. The molecule has 1 amide bonds. The Morgan fingerprint density at radius 3 is 2.71 bits per heavy atom. The monoisotopic (exact) mass is 372 g/mol. The van der Waals surface area contributed by atoms with E-state index in [1.54, 1.807) is 29.3 Å². The van der Waals surface area contributed by atoms with Crippen LogP contribution in [0.1, 0.15) is 23.8 Å². The molecule has 1 aliphatic heterocycles. The molecule has 1 saturated heterocycles. The fourth-order valence-electron chi connectivity index (χ4n) is 3.16. The van der Waals surface area contributed by atoms with Crippen LogP contribution in [0.3, 0.4) is 0 Å². The Bertz CT molecular complexity index is 865. The second kappa shape index (κ2) is 6.70. The van der Waals surface area contributed by atoms with Crippen molar-refractivity contribution in [2.45, 2.75) is 24.5 Å². The summed E-state index contributed by atoms with van der Waals surface area (Å²) in [6.07, 6.45) is 3.55. The Morgan fingerprint density at radius 2 is 2.12 bits per heavy atom. The third-order valence-electron chi connectivity index (χ3n) is 4.31. The van der Waals surface area contributed by atoms with Crippen LogP contribution in [-0.2, 0) is 9.84 Å². The van der Waals surface area contributed by atoms with Gasteiger partial charge in [-0.25, -0.2) is 13.4 Å². The van der Waals surface area contributed by atoms with Crippen molar-refractivity contribution in [3.8, 4) is 0 Å². The van der Waals surface area contributed by atoms with E-state index in [1.807, 2.05) is 6.92 Å². The number of hydrogen-bond acceptors (Lipinski definition) is 5. The Kier molecular flexibility index (Phi) is 5.22. The molecule has 2 aromatic rings. The van der Waals surface area contributed by atoms with E-state index in [1.165, 1.54) is 4.40 Å². The van der Waals surface area contributed by atoms with Crippen molar-refractivity contribution in [3.05, 3.63) is 30.1 Å². The zero-order chi connectivity index (χ0) is 16.8. The van der Waals surface area contributed by atoms with Crippen LogP contribution < -0.4 is 5.73 Å². The topological polar surface area (TPSA) is 97.8 Å². The first-order valence-electron chi connectivity index (χ1n) is 7.51. The Balaban J connectivity index is 0.00000208. The van der Waals surface area contributed by atoms with Crippen molar-refractivity contribution < 1.29 is 13.2 Å². The van der Waals surface area contributed by atoms with Gasteiger partial charge in [-0.2, -0.15) is 0 Å². The summed E-state index contributed by atoms with van der Waals surface area (Å²) in [6, 6.07) is 5.24. The molecular formula is C15H21ClN4O3S. The van der Waals surface area contributed by atoms with E-state index in [2.05, 4.69) is 4.98 Å². The molecule has 2 N–H and O–H groups in total. The second-order valence-electron chi connectivity index (χ2n) is 6.11. The van der Waals surface area contributed by atoms with Crippen LogP contribution in [0.15, 0.2) is 29.6 Å². The molecule has 2 atom stereocenters. The van der Waals surface area contributed by atoms with Gasteiger partial charge in [-0.05, 0) is 37.9 Å². The molecule has 2 unspecified atom stereocenters. The van der Waals surface area contributed by atoms with Gasteiger partial charge in [-0.1, -0.05) is 6.07 Å². The molecule has 3 rings (SSSR count). The van der Waals surface area contributed by atoms with Crippen LogP contribution in [0.25, 0.3) is 5.52 Å². The number of amides is 1. The summed E-state index contributed by atoms with van der Waals surface area (Å²) in [5.41, 5.74) is 6.39. The fourth-order valence-corrected chi connectivity index (χ4v) is 3.93. The molecule has 0 radical (unpaired) electrons. The second-order valence-corrected chi connectivity index (χ2v) is 8.02. The summed E-state index contributed by atoms with van der Waals surface area (Å²) in [6.45, 7) is 3.09. The number of rotatable bonds is 3. The number of nitrogens with two attached hydrogens (primary N) is 1. The third-order valence-corrected chi connectivity index (χ3v) is 5.26. The molecular weight excluding hydrogens is 352 g/mol. The zero-order valence-electron chi connectivity index (χ0n) is 13.5. The molecule has 24 heavy (non-hydrogen) atoms. The quantitative estimate of drug-likeness (QED) is 0.865. The Labute approximate surface area is 147 Å². The molecule has 1 aliphatic rings. The maximum atomic E-state index is 12.9. The number of fused-ring (bicyclic) bond motifs is 1. The average molecular weight is 373 g/mol. The maximum absolute atomic E-state index is 12.9. The minimum Gasteiger partial charge on any atom is -0.334 e. The smallest absolute Gasteiger partial charge is 0.275 e. The maximum Gasteiger partial charge on any atom is 0.275 e. The highest BCUT2D eigenvalue weighted by atomic mass is 35.5. The first-order chi connectivity index (χ1) is 10.8. The first kappa shape index (κ1) is 18.7. The molecule has 7 nitrogen and oxygen atoms in total. The van der Waals surface area contributed by atoms with E-state index in [4.69, 9.17) is 5.73 Å². The summed E-state index contributed by atoms with van der Waals surface area (Å²) >= 11 is 0. The van der Waals surface area contributed by atoms with Crippen LogP contribution in [0, 0.1) is 5.92 Å². The van der Waals surface area contributed by atoms with Crippen molar-refractivity contribution in [1.29, 1.82) is 0 Å². The molecule has 9 heteroatoms. The fraction of sp³-hybridized carbons (Fsp3) is 0.467. The number of carbonyl (C=O) groups is 1. The highest BCUT2D eigenvalue weighted by molar-refractivity contribution is 7.90. The van der Waals surface area contributed by atoms with Gasteiger partial charge < -0.3 is 10.6 Å². The van der Waals surface area contributed by atoms with E-state index in [0.29, 0.717) is 18.6 Å². The lowest BCUT2D eigenvalue weighted by Gasteiger charge is -2.20. The predicted octanol–water partition coefficient (Wildman–Crippen LogP) is 0.969. The number of likely N-dealkylation sites (tertiary alicyclic amines) is 1. The van der Waals surface area contributed by atoms with E-state index >= 15 is 0 Å². The number of nitrogens with zero attached hydrogens (tertiary/aromatic N) is 3. The highest BCUT2D eigenvalue weighted by Crippen LogP contribution is 2.26. The van der Waals surface area contributed by atoms with Crippen LogP contribution in [0.4, 0.5) is 0 Å². The summed E-state index contributed by atoms with van der Waals surface area (Å²) in [5.74, 6) is 0.0317. The lowest BCUT2D eigenvalue weighted by Crippen LogP contribution is -2.34. The molecule has 0 spiro atoms. The van der Waals surface area contributed by atoms with Crippen LogP contribution in [-0.4, -0.2) is 54.0 Å². The van der Waals surface area contributed by atoms with E-state index < -0.39 is 9.84 Å². The standard InChI is InChI=1S/C15H20N4O3S.ClH/c1-10-7-11(8-16)9-19(10)14(20)13-12-5-3-4-6-18(12)15(17-13)23(2,21)22;/h3-6,10-11H,7-9,16H2,1-2H3;1H. The predicted molar refractivity (Wildman–Crippen MR) is 93.2 cm³/mol. The summed E-state index contributed by atoms with van der Waals surface area (Å²) < 4.78 is 25.3. The molecule has 2 aromatic heterocycles. The molecule has 0 bridgehead atoms. The van der Waals surface area contributed by atoms with Crippen LogP contribution >= 0.6 is 12.4 Å². The Hall–Kier alpha value is -1.64. The third kappa shape index (κ3) is 3.13. The molecule has 132 valence electrons. The number of hydrogen-bond donors (Lipinski definition) is 1. The lowest BCUT2D eigenvalue weighted by atomic mass is 10.1. The van der Waals surface area contributed by atoms with Crippen molar-refractivity contribution >= 4 is 33.7 Å². The van der Waals surface area contributed by atoms with Gasteiger partial charge in [-0.3, -0.25) is 9.20 Å². The number of carbonyl (C=O) groups excluding carboxylic acids is 1. The minimum absolute atomic E-state index is 0. The lowest BCUT2D eigenvalue weighted by molar-refractivity contribution is 0.0739.